The van der Waals surface area contributed by atoms with E-state index in [1.165, 1.54) is 25.3 Å². The Kier molecular flexibility index (Phi) is 7.81. The van der Waals surface area contributed by atoms with Gasteiger partial charge in [-0.05, 0) is 37.3 Å². The van der Waals surface area contributed by atoms with Gasteiger partial charge in [-0.25, -0.2) is 18.7 Å². The highest BCUT2D eigenvalue weighted by Crippen LogP contribution is 2.44. The number of piperazine rings is 1. The number of halogens is 3. The second-order valence-corrected chi connectivity index (χ2v) is 11.0. The number of amides is 1. The topological polar surface area (TPSA) is 138 Å². The van der Waals surface area contributed by atoms with E-state index >= 15 is 4.39 Å². The number of aliphatic imine (C=N–C) groups is 1. The Balaban J connectivity index is 1.82. The number of carbonyl (C=O) groups excluding carboxylic acids is 1. The first-order valence-electron chi connectivity index (χ1n) is 12.8. The lowest BCUT2D eigenvalue weighted by Crippen LogP contribution is -2.48. The Morgan fingerprint density at radius 1 is 1.24 bits per heavy atom. The van der Waals surface area contributed by atoms with Crippen LogP contribution in [0.5, 0.6) is 0 Å². The van der Waals surface area contributed by atoms with Gasteiger partial charge in [0.2, 0.25) is 5.91 Å². The van der Waals surface area contributed by atoms with Crippen molar-refractivity contribution in [3.05, 3.63) is 70.5 Å². The van der Waals surface area contributed by atoms with E-state index < -0.39 is 11.6 Å². The summed E-state index contributed by atoms with van der Waals surface area (Å²) in [4.78, 5) is 28.9. The van der Waals surface area contributed by atoms with Crippen LogP contribution in [0, 0.1) is 23.0 Å². The van der Waals surface area contributed by atoms with Crippen LogP contribution < -0.4 is 16.4 Å². The molecule has 0 bridgehead atoms. The lowest BCUT2D eigenvalue weighted by Gasteiger charge is -2.37. The summed E-state index contributed by atoms with van der Waals surface area (Å²) in [5, 5.41) is 10.8. The highest BCUT2D eigenvalue weighted by Gasteiger charge is 2.29. The first kappa shape index (κ1) is 28.9. The molecule has 4 aromatic rings. The highest BCUT2D eigenvalue weighted by atomic mass is 35.5. The molecule has 5 rings (SSSR count). The van der Waals surface area contributed by atoms with Crippen molar-refractivity contribution in [3.63, 3.8) is 0 Å². The molecule has 0 unspecified atom stereocenters. The Hall–Kier alpha value is -4.60. The molecule has 2 aromatic heterocycles. The molecule has 3 heterocycles. The van der Waals surface area contributed by atoms with E-state index in [1.807, 2.05) is 4.90 Å². The third kappa shape index (κ3) is 4.91. The van der Waals surface area contributed by atoms with E-state index in [9.17, 15) is 14.4 Å². The molecule has 9 nitrogen and oxygen atoms in total. The molecule has 4 N–H and O–H groups in total. The van der Waals surface area contributed by atoms with Crippen molar-refractivity contribution in [2.45, 2.75) is 6.92 Å². The summed E-state index contributed by atoms with van der Waals surface area (Å²) in [6.07, 6.45) is 2.80. The summed E-state index contributed by atoms with van der Waals surface area (Å²) in [6, 6.07) is 6.37. The molecule has 0 atom stereocenters. The highest BCUT2D eigenvalue weighted by molar-refractivity contribution is 7.22. The SMILES string of the molecule is C=CC(=O)N1CCN(c2c(C#N)c(C(C=C(C)N)=NC)nc3c(F)c(-c4ccc(F)c5sc(N)nc45)c(Cl)cc23)CC1. The van der Waals surface area contributed by atoms with Crippen LogP contribution in [0.15, 0.2) is 47.6 Å². The Morgan fingerprint density at radius 3 is 2.57 bits per heavy atom. The van der Waals surface area contributed by atoms with E-state index in [4.69, 9.17) is 23.1 Å². The number of carbonyl (C=O) groups is 1. The van der Waals surface area contributed by atoms with E-state index in [0.717, 1.165) is 11.3 Å². The van der Waals surface area contributed by atoms with Crippen LogP contribution >= 0.6 is 22.9 Å². The van der Waals surface area contributed by atoms with Crippen LogP contribution in [0.2, 0.25) is 5.02 Å². The lowest BCUT2D eigenvalue weighted by molar-refractivity contribution is -0.126. The van der Waals surface area contributed by atoms with Gasteiger partial charge in [0, 0.05) is 55.4 Å². The standard InChI is InChI=1S/C29H25ClF2N8OS/c1-4-21(41)39-7-9-40(10-8-39)27-16-12-18(30)22(15-5-6-19(31)28-26(15)38-29(35)42-28)23(32)25(16)37-24(17(27)13-33)20(36-3)11-14(2)34/h4-6,11-12H,1,7-10,34H2,2-3H3,(H2,35,38). The number of anilines is 2. The summed E-state index contributed by atoms with van der Waals surface area (Å²) in [7, 11) is 1.52. The second-order valence-electron chi connectivity index (χ2n) is 9.58. The average Bonchev–Trinajstić information content (AvgIpc) is 3.38. The van der Waals surface area contributed by atoms with Crippen molar-refractivity contribution >= 4 is 66.5 Å². The van der Waals surface area contributed by atoms with Crippen LogP contribution in [0.25, 0.3) is 32.2 Å². The first-order chi connectivity index (χ1) is 20.1. The number of aromatic nitrogens is 2. The average molecular weight is 607 g/mol. The number of thiazole rings is 1. The minimum absolute atomic E-state index is 0.0155. The molecule has 1 fully saturated rings. The summed E-state index contributed by atoms with van der Waals surface area (Å²) in [5.41, 5.74) is 13.5. The quantitative estimate of drug-likeness (QED) is 0.240. The Labute approximate surface area is 249 Å². The largest absolute Gasteiger partial charge is 0.402 e. The van der Waals surface area contributed by atoms with Crippen molar-refractivity contribution < 1.29 is 13.6 Å². The fourth-order valence-corrected chi connectivity index (χ4v) is 6.17. The Morgan fingerprint density at radius 2 is 1.95 bits per heavy atom. The third-order valence-corrected chi connectivity index (χ3v) is 8.16. The maximum absolute atomic E-state index is 16.7. The molecule has 1 amide bonds. The maximum Gasteiger partial charge on any atom is 0.246 e. The van der Waals surface area contributed by atoms with Crippen molar-refractivity contribution in [2.24, 2.45) is 10.7 Å². The molecular weight excluding hydrogens is 582 g/mol. The fourth-order valence-electron chi connectivity index (χ4n) is 5.11. The molecule has 0 saturated carbocycles. The summed E-state index contributed by atoms with van der Waals surface area (Å²) in [6.45, 7) is 6.64. The van der Waals surface area contributed by atoms with Gasteiger partial charge in [0.15, 0.2) is 10.9 Å². The normalized spacial score (nSPS) is 14.5. The van der Waals surface area contributed by atoms with Gasteiger partial charge < -0.3 is 21.3 Å². The molecule has 1 saturated heterocycles. The first-order valence-corrected chi connectivity index (χ1v) is 14.0. The molecule has 0 spiro atoms. The number of hydrogen-bond acceptors (Lipinski definition) is 9. The minimum Gasteiger partial charge on any atom is -0.402 e. The molecule has 2 aromatic carbocycles. The minimum atomic E-state index is -0.784. The predicted molar refractivity (Wildman–Crippen MR) is 164 cm³/mol. The maximum atomic E-state index is 16.7. The molecule has 13 heteroatoms. The fraction of sp³-hybridized carbons (Fsp3) is 0.207. The number of nitriles is 1. The van der Waals surface area contributed by atoms with Crippen LogP contribution in [0.1, 0.15) is 18.2 Å². The van der Waals surface area contributed by atoms with Crippen molar-refractivity contribution in [2.75, 3.05) is 43.9 Å². The molecule has 0 aliphatic carbocycles. The van der Waals surface area contributed by atoms with Gasteiger partial charge in [-0.15, -0.1) is 0 Å². The van der Waals surface area contributed by atoms with E-state index in [2.05, 4.69) is 27.6 Å². The number of rotatable bonds is 5. The zero-order valence-corrected chi connectivity index (χ0v) is 24.3. The number of hydrogen-bond donors (Lipinski definition) is 2. The van der Waals surface area contributed by atoms with E-state index in [0.29, 0.717) is 42.9 Å². The van der Waals surface area contributed by atoms with Crippen LogP contribution in [-0.2, 0) is 4.79 Å². The lowest BCUT2D eigenvalue weighted by atomic mass is 9.97. The molecule has 1 aliphatic heterocycles. The number of benzene rings is 2. The number of nitrogen functional groups attached to an aromatic ring is 1. The molecule has 1 aliphatic rings. The summed E-state index contributed by atoms with van der Waals surface area (Å²) < 4.78 is 31.4. The van der Waals surface area contributed by atoms with Gasteiger partial charge in [0.1, 0.15) is 28.7 Å². The number of nitrogens with two attached hydrogens (primary N) is 2. The number of fused-ring (bicyclic) bond motifs is 2. The number of nitrogens with zero attached hydrogens (tertiary/aromatic N) is 6. The smallest absolute Gasteiger partial charge is 0.246 e. The summed E-state index contributed by atoms with van der Waals surface area (Å²) >= 11 is 7.69. The van der Waals surface area contributed by atoms with Crippen LogP contribution in [-0.4, -0.2) is 59.7 Å². The molecule has 0 radical (unpaired) electrons. The van der Waals surface area contributed by atoms with Gasteiger partial charge in [-0.3, -0.25) is 9.79 Å². The van der Waals surface area contributed by atoms with Gasteiger partial charge in [0.05, 0.1) is 26.6 Å². The zero-order chi connectivity index (χ0) is 30.3. The van der Waals surface area contributed by atoms with Crippen molar-refractivity contribution in [1.29, 1.82) is 5.26 Å². The van der Waals surface area contributed by atoms with Gasteiger partial charge in [0.25, 0.3) is 0 Å². The monoisotopic (exact) mass is 606 g/mol. The van der Waals surface area contributed by atoms with Crippen LogP contribution in [0.4, 0.5) is 19.6 Å². The van der Waals surface area contributed by atoms with E-state index in [1.54, 1.807) is 24.0 Å². The van der Waals surface area contributed by atoms with E-state index in [-0.39, 0.29) is 59.9 Å². The van der Waals surface area contributed by atoms with Gasteiger partial charge in [-0.2, -0.15) is 5.26 Å². The molecule has 42 heavy (non-hydrogen) atoms. The Bertz CT molecular complexity index is 1880. The van der Waals surface area contributed by atoms with Gasteiger partial charge >= 0.3 is 0 Å². The number of allylic oxidation sites excluding steroid dienone is 2. The van der Waals surface area contributed by atoms with Crippen molar-refractivity contribution in [3.8, 4) is 17.2 Å². The third-order valence-electron chi connectivity index (χ3n) is 6.97. The molecule has 214 valence electrons. The van der Waals surface area contributed by atoms with Crippen LogP contribution in [0.3, 0.4) is 0 Å². The second kappa shape index (κ2) is 11.3. The predicted octanol–water partition coefficient (Wildman–Crippen LogP) is 5.01. The zero-order valence-electron chi connectivity index (χ0n) is 22.7. The summed E-state index contributed by atoms with van der Waals surface area (Å²) in [5.74, 6) is -1.52. The molecular formula is C29H25ClF2N8OS. The number of pyridine rings is 1. The van der Waals surface area contributed by atoms with Gasteiger partial charge in [-0.1, -0.05) is 29.5 Å². The van der Waals surface area contributed by atoms with Crippen molar-refractivity contribution in [1.82, 2.24) is 14.9 Å².